The first-order valence-electron chi connectivity index (χ1n) is 7.84. The van der Waals surface area contributed by atoms with Crippen molar-refractivity contribution in [3.05, 3.63) is 64.5 Å². The van der Waals surface area contributed by atoms with Crippen molar-refractivity contribution in [1.82, 2.24) is 15.5 Å². The molecule has 0 radical (unpaired) electrons. The predicted octanol–water partition coefficient (Wildman–Crippen LogP) is 2.53. The topological polar surface area (TPSA) is 95.0 Å². The second-order valence-electron chi connectivity index (χ2n) is 5.81. The van der Waals surface area contributed by atoms with E-state index in [1.807, 2.05) is 6.08 Å². The molecule has 8 heteroatoms. The zero-order valence-corrected chi connectivity index (χ0v) is 13.8. The summed E-state index contributed by atoms with van der Waals surface area (Å²) >= 11 is 0. The highest BCUT2D eigenvalue weighted by atomic mass is 19.1. The largest absolute Gasteiger partial charge is 0.619 e. The molecule has 0 saturated carbocycles. The Morgan fingerprint density at radius 2 is 2.28 bits per heavy atom. The Hall–Kier alpha value is -3.03. The third-order valence-corrected chi connectivity index (χ3v) is 3.79. The number of aromatic nitrogens is 3. The summed E-state index contributed by atoms with van der Waals surface area (Å²) in [5.74, 6) is -0.0617. The Labute approximate surface area is 143 Å². The Balaban J connectivity index is 1.84. The zero-order valence-electron chi connectivity index (χ0n) is 13.8. The quantitative estimate of drug-likeness (QED) is 0.679. The van der Waals surface area contributed by atoms with Crippen molar-refractivity contribution in [1.29, 1.82) is 0 Å². The van der Waals surface area contributed by atoms with Crippen LogP contribution in [0.4, 0.5) is 4.39 Å². The minimum Gasteiger partial charge on any atom is -0.619 e. The van der Waals surface area contributed by atoms with Gasteiger partial charge in [0.05, 0.1) is 5.56 Å². The highest BCUT2D eigenvalue weighted by Crippen LogP contribution is 2.28. The maximum atomic E-state index is 14.0. The fourth-order valence-electron chi connectivity index (χ4n) is 2.54. The number of nitrogens with zero attached hydrogens (tertiary/aromatic N) is 3. The summed E-state index contributed by atoms with van der Waals surface area (Å²) in [6.45, 7) is 3.36. The van der Waals surface area contributed by atoms with Crippen LogP contribution < -0.4 is 10.0 Å². The van der Waals surface area contributed by atoms with Gasteiger partial charge in [0, 0.05) is 12.0 Å². The van der Waals surface area contributed by atoms with E-state index in [1.54, 1.807) is 19.9 Å². The van der Waals surface area contributed by atoms with Crippen molar-refractivity contribution in [3.63, 3.8) is 0 Å². The van der Waals surface area contributed by atoms with Crippen LogP contribution in [0.2, 0.25) is 0 Å². The molecular weight excluding hydrogens is 327 g/mol. The summed E-state index contributed by atoms with van der Waals surface area (Å²) in [5.41, 5.74) is 0.804. The van der Waals surface area contributed by atoms with Crippen molar-refractivity contribution in [3.8, 4) is 0 Å². The Morgan fingerprint density at radius 1 is 1.48 bits per heavy atom. The van der Waals surface area contributed by atoms with E-state index in [0.717, 1.165) is 6.20 Å². The normalized spacial score (nSPS) is 15.3. The second-order valence-corrected chi connectivity index (χ2v) is 5.81. The van der Waals surface area contributed by atoms with Crippen LogP contribution in [-0.4, -0.2) is 16.0 Å². The number of carbonyl (C=O) groups is 1. The van der Waals surface area contributed by atoms with E-state index < -0.39 is 11.9 Å². The van der Waals surface area contributed by atoms with Crippen LogP contribution in [0.1, 0.15) is 53.4 Å². The van der Waals surface area contributed by atoms with Crippen LogP contribution in [0.15, 0.2) is 41.0 Å². The summed E-state index contributed by atoms with van der Waals surface area (Å²) < 4.78 is 19.5. The summed E-state index contributed by atoms with van der Waals surface area (Å²) in [5, 5.41) is 18.2. The van der Waals surface area contributed by atoms with Crippen LogP contribution >= 0.6 is 0 Å². The van der Waals surface area contributed by atoms with Crippen molar-refractivity contribution in [2.45, 2.75) is 32.7 Å². The van der Waals surface area contributed by atoms with Crippen molar-refractivity contribution in [2.75, 3.05) is 0 Å². The molecule has 0 aromatic carbocycles. The van der Waals surface area contributed by atoms with E-state index in [2.05, 4.69) is 15.5 Å². The summed E-state index contributed by atoms with van der Waals surface area (Å²) in [6, 6.07) is 0.961. The van der Waals surface area contributed by atoms with E-state index in [4.69, 9.17) is 4.52 Å². The molecule has 0 aliphatic heterocycles. The molecule has 7 nitrogen and oxygen atoms in total. The van der Waals surface area contributed by atoms with Gasteiger partial charge < -0.3 is 15.0 Å². The predicted molar refractivity (Wildman–Crippen MR) is 86.7 cm³/mol. The molecule has 25 heavy (non-hydrogen) atoms. The molecule has 3 rings (SSSR count). The van der Waals surface area contributed by atoms with E-state index >= 15 is 0 Å². The minimum absolute atomic E-state index is 0.120. The van der Waals surface area contributed by atoms with Gasteiger partial charge >= 0.3 is 0 Å². The number of hydrogen-bond acceptors (Lipinski definition) is 5. The van der Waals surface area contributed by atoms with Gasteiger partial charge in [0.15, 0.2) is 18.2 Å². The molecule has 1 amide bonds. The number of rotatable bonds is 4. The maximum absolute atomic E-state index is 14.0. The van der Waals surface area contributed by atoms with Crippen LogP contribution in [0.5, 0.6) is 0 Å². The fourth-order valence-corrected chi connectivity index (χ4v) is 2.54. The first kappa shape index (κ1) is 16.8. The lowest BCUT2D eigenvalue weighted by molar-refractivity contribution is -0.605. The lowest BCUT2D eigenvalue weighted by Crippen LogP contribution is -2.32. The monoisotopic (exact) mass is 344 g/mol. The molecule has 1 aliphatic rings. The van der Waals surface area contributed by atoms with Crippen LogP contribution in [0.3, 0.4) is 0 Å². The number of pyridine rings is 1. The van der Waals surface area contributed by atoms with Gasteiger partial charge in [-0.2, -0.15) is 9.71 Å². The standard InChI is InChI=1S/C17H17FN4O3/c1-10(17-20-11(2)21-25-17)19-16(23)13-7-12(8-22(24)9-13)14-5-3-4-6-15(14)18/h3,5,7-10H,4,6H2,1-2H3,(H,19,23)/t10-/m1/s1. The second kappa shape index (κ2) is 6.84. The lowest BCUT2D eigenvalue weighted by atomic mass is 9.99. The van der Waals surface area contributed by atoms with Gasteiger partial charge in [-0.15, -0.1) is 0 Å². The Morgan fingerprint density at radius 3 is 2.96 bits per heavy atom. The molecule has 0 fully saturated rings. The van der Waals surface area contributed by atoms with Gasteiger partial charge in [0.25, 0.3) is 5.91 Å². The third kappa shape index (κ3) is 3.73. The first-order valence-corrected chi connectivity index (χ1v) is 7.84. The Bertz CT molecular complexity index is 873. The third-order valence-electron chi connectivity index (χ3n) is 3.79. The van der Waals surface area contributed by atoms with Gasteiger partial charge in [0.2, 0.25) is 5.89 Å². The number of halogens is 1. The highest BCUT2D eigenvalue weighted by molar-refractivity contribution is 5.95. The summed E-state index contributed by atoms with van der Waals surface area (Å²) in [4.78, 5) is 16.5. The Kier molecular flexibility index (Phi) is 4.60. The number of nitrogens with one attached hydrogen (secondary N) is 1. The molecule has 1 N–H and O–H groups in total. The van der Waals surface area contributed by atoms with Crippen LogP contribution in [-0.2, 0) is 0 Å². The van der Waals surface area contributed by atoms with E-state index in [9.17, 15) is 14.4 Å². The molecule has 0 unspecified atom stereocenters. The van der Waals surface area contributed by atoms with Gasteiger partial charge in [-0.3, -0.25) is 4.79 Å². The smallest absolute Gasteiger partial charge is 0.258 e. The van der Waals surface area contributed by atoms with Crippen molar-refractivity contribution >= 4 is 11.5 Å². The fraction of sp³-hybridized carbons (Fsp3) is 0.294. The number of aryl methyl sites for hydroxylation is 1. The maximum Gasteiger partial charge on any atom is 0.258 e. The van der Waals surface area contributed by atoms with E-state index in [1.165, 1.54) is 12.3 Å². The van der Waals surface area contributed by atoms with Gasteiger partial charge in [-0.05, 0) is 26.3 Å². The number of amides is 1. The lowest BCUT2D eigenvalue weighted by Gasteiger charge is -2.12. The molecule has 0 saturated heterocycles. The molecule has 2 aromatic rings. The number of hydrogen-bond donors (Lipinski definition) is 1. The number of allylic oxidation sites excluding steroid dienone is 4. The molecule has 0 bridgehead atoms. The molecule has 2 aromatic heterocycles. The molecule has 2 heterocycles. The minimum atomic E-state index is -0.525. The zero-order chi connectivity index (χ0) is 18.0. The van der Waals surface area contributed by atoms with Crippen LogP contribution in [0, 0.1) is 12.1 Å². The van der Waals surface area contributed by atoms with Crippen molar-refractivity contribution < 1.29 is 18.4 Å². The van der Waals surface area contributed by atoms with Crippen molar-refractivity contribution in [2.24, 2.45) is 0 Å². The molecule has 1 aliphatic carbocycles. The molecule has 1 atom stereocenters. The van der Waals surface area contributed by atoms with Crippen LogP contribution in [0.25, 0.3) is 5.57 Å². The number of carbonyl (C=O) groups excluding carboxylic acids is 1. The van der Waals surface area contributed by atoms with E-state index in [-0.39, 0.29) is 23.7 Å². The van der Waals surface area contributed by atoms with Gasteiger partial charge in [0.1, 0.15) is 17.4 Å². The summed E-state index contributed by atoms with van der Waals surface area (Å²) in [6.07, 6.45) is 6.74. The average Bonchev–Trinajstić information content (AvgIpc) is 3.01. The first-order chi connectivity index (χ1) is 11.9. The van der Waals surface area contributed by atoms with E-state index in [0.29, 0.717) is 28.1 Å². The summed E-state index contributed by atoms with van der Waals surface area (Å²) in [7, 11) is 0. The molecular formula is C17H17FN4O3. The highest BCUT2D eigenvalue weighted by Gasteiger charge is 2.20. The molecule has 130 valence electrons. The van der Waals surface area contributed by atoms with Gasteiger partial charge in [-0.25, -0.2) is 4.39 Å². The van der Waals surface area contributed by atoms with Gasteiger partial charge in [-0.1, -0.05) is 17.3 Å². The average molecular weight is 344 g/mol. The SMILES string of the molecule is Cc1noc([C@@H](C)NC(=O)c2cc(C3=C(F)CCC=C3)c[n+]([O-])c2)n1. The molecule has 0 spiro atoms.